The summed E-state index contributed by atoms with van der Waals surface area (Å²) in [5.74, 6) is 1.83. The summed E-state index contributed by atoms with van der Waals surface area (Å²) in [6.45, 7) is 0. The molecule has 0 spiro atoms. The van der Waals surface area contributed by atoms with Crippen molar-refractivity contribution in [2.24, 2.45) is 0 Å². The van der Waals surface area contributed by atoms with Gasteiger partial charge in [0.25, 0.3) is 0 Å². The standard InChI is InChI=1S/C23H17Cl2N3O4S2/c1-30-14-10-18(31-2)21-19(11-14)34-23(27-21)28-22(33)26-20(29)8-5-13-4-7-17(32-13)15-6-3-12(24)9-16(15)25/h3-11H,1-2H3,(H2,26,27,28,29,33). The van der Waals surface area contributed by atoms with E-state index < -0.39 is 5.91 Å². The van der Waals surface area contributed by atoms with E-state index in [4.69, 9.17) is 49.3 Å². The van der Waals surface area contributed by atoms with Gasteiger partial charge in [-0.25, -0.2) is 4.98 Å². The highest BCUT2D eigenvalue weighted by Crippen LogP contribution is 2.36. The molecule has 0 saturated heterocycles. The van der Waals surface area contributed by atoms with Crippen LogP contribution in [0.1, 0.15) is 5.76 Å². The summed E-state index contributed by atoms with van der Waals surface area (Å²) in [6.07, 6.45) is 2.84. The lowest BCUT2D eigenvalue weighted by molar-refractivity contribution is -0.115. The summed E-state index contributed by atoms with van der Waals surface area (Å²) in [7, 11) is 3.14. The van der Waals surface area contributed by atoms with E-state index in [2.05, 4.69) is 15.6 Å². The first-order valence-electron chi connectivity index (χ1n) is 9.74. The molecule has 0 aliphatic heterocycles. The Balaban J connectivity index is 1.39. The van der Waals surface area contributed by atoms with Crippen LogP contribution in [0.25, 0.3) is 27.6 Å². The summed E-state index contributed by atoms with van der Waals surface area (Å²) in [5, 5.41) is 7.10. The molecule has 1 amide bonds. The van der Waals surface area contributed by atoms with Crippen LogP contribution in [0.4, 0.5) is 5.13 Å². The van der Waals surface area contributed by atoms with Crippen molar-refractivity contribution in [3.63, 3.8) is 0 Å². The van der Waals surface area contributed by atoms with Gasteiger partial charge < -0.3 is 19.2 Å². The molecule has 0 aliphatic rings. The summed E-state index contributed by atoms with van der Waals surface area (Å²) >= 11 is 18.7. The lowest BCUT2D eigenvalue weighted by Crippen LogP contribution is -2.32. The van der Waals surface area contributed by atoms with Gasteiger partial charge in [0.1, 0.15) is 28.5 Å². The predicted octanol–water partition coefficient (Wildman–Crippen LogP) is 6.41. The fourth-order valence-corrected chi connectivity index (χ4v) is 4.70. The largest absolute Gasteiger partial charge is 0.497 e. The number of furan rings is 1. The first-order chi connectivity index (χ1) is 16.4. The number of methoxy groups -OCH3 is 2. The van der Waals surface area contributed by atoms with E-state index in [0.717, 1.165) is 4.70 Å². The molecule has 0 unspecified atom stereocenters. The molecular weight excluding hydrogens is 517 g/mol. The molecule has 4 aromatic rings. The first kappa shape index (κ1) is 24.0. The molecule has 2 heterocycles. The highest BCUT2D eigenvalue weighted by molar-refractivity contribution is 7.80. The summed E-state index contributed by atoms with van der Waals surface area (Å²) in [4.78, 5) is 16.8. The quantitative estimate of drug-likeness (QED) is 0.219. The number of hydrogen-bond donors (Lipinski definition) is 2. The summed E-state index contributed by atoms with van der Waals surface area (Å²) in [5.41, 5.74) is 1.37. The molecule has 0 saturated carbocycles. The fourth-order valence-electron chi connectivity index (χ4n) is 3.02. The molecular formula is C23H17Cl2N3O4S2. The number of carbonyl (C=O) groups is 1. The van der Waals surface area contributed by atoms with Crippen LogP contribution >= 0.6 is 46.8 Å². The van der Waals surface area contributed by atoms with E-state index in [-0.39, 0.29) is 5.11 Å². The van der Waals surface area contributed by atoms with Crippen LogP contribution in [0.5, 0.6) is 11.5 Å². The Morgan fingerprint density at radius 2 is 1.97 bits per heavy atom. The normalized spacial score (nSPS) is 11.1. The molecule has 2 N–H and O–H groups in total. The second kappa shape index (κ2) is 10.4. The highest BCUT2D eigenvalue weighted by Gasteiger charge is 2.13. The van der Waals surface area contributed by atoms with Crippen LogP contribution in [-0.2, 0) is 4.79 Å². The fraction of sp³-hybridized carbons (Fsp3) is 0.0870. The van der Waals surface area contributed by atoms with E-state index in [1.165, 1.54) is 23.5 Å². The molecule has 2 aromatic carbocycles. The minimum atomic E-state index is -0.430. The van der Waals surface area contributed by atoms with Gasteiger partial charge in [0.2, 0.25) is 5.91 Å². The zero-order valence-electron chi connectivity index (χ0n) is 17.8. The Hall–Kier alpha value is -3.11. The Labute approximate surface area is 214 Å². The first-order valence-corrected chi connectivity index (χ1v) is 11.7. The molecule has 0 atom stereocenters. The van der Waals surface area contributed by atoms with E-state index in [1.807, 2.05) is 6.07 Å². The van der Waals surface area contributed by atoms with Gasteiger partial charge in [0.15, 0.2) is 10.2 Å². The second-order valence-electron chi connectivity index (χ2n) is 6.80. The molecule has 7 nitrogen and oxygen atoms in total. The van der Waals surface area contributed by atoms with Crippen LogP contribution in [0.2, 0.25) is 10.0 Å². The third-order valence-electron chi connectivity index (χ3n) is 4.57. The number of hydrogen-bond acceptors (Lipinski definition) is 7. The van der Waals surface area contributed by atoms with E-state index in [9.17, 15) is 4.79 Å². The molecule has 11 heteroatoms. The Morgan fingerprint density at radius 3 is 2.71 bits per heavy atom. The third kappa shape index (κ3) is 5.51. The van der Waals surface area contributed by atoms with Gasteiger partial charge in [0.05, 0.1) is 23.9 Å². The Bertz CT molecular complexity index is 1410. The van der Waals surface area contributed by atoms with Gasteiger partial charge in [-0.2, -0.15) is 0 Å². The van der Waals surface area contributed by atoms with Crippen LogP contribution in [0.15, 0.2) is 53.0 Å². The number of aromatic nitrogens is 1. The third-order valence-corrected chi connectivity index (χ3v) is 6.24. The minimum Gasteiger partial charge on any atom is -0.497 e. The monoisotopic (exact) mass is 533 g/mol. The van der Waals surface area contributed by atoms with Crippen molar-refractivity contribution in [3.05, 3.63) is 64.3 Å². The van der Waals surface area contributed by atoms with E-state index in [1.54, 1.807) is 50.6 Å². The van der Waals surface area contributed by atoms with Crippen molar-refractivity contribution in [3.8, 4) is 22.8 Å². The number of nitrogens with one attached hydrogen (secondary N) is 2. The maximum atomic E-state index is 12.3. The van der Waals surface area contributed by atoms with Crippen LogP contribution in [0, 0.1) is 0 Å². The zero-order chi connectivity index (χ0) is 24.2. The van der Waals surface area contributed by atoms with Crippen molar-refractivity contribution in [1.82, 2.24) is 10.3 Å². The van der Waals surface area contributed by atoms with Gasteiger partial charge in [-0.15, -0.1) is 0 Å². The van der Waals surface area contributed by atoms with Gasteiger partial charge in [0, 0.05) is 22.7 Å². The van der Waals surface area contributed by atoms with Crippen molar-refractivity contribution in [2.75, 3.05) is 19.5 Å². The van der Waals surface area contributed by atoms with E-state index >= 15 is 0 Å². The minimum absolute atomic E-state index is 0.104. The van der Waals surface area contributed by atoms with Gasteiger partial charge in [-0.05, 0) is 54.7 Å². The smallest absolute Gasteiger partial charge is 0.250 e. The Kier molecular flexibility index (Phi) is 7.38. The summed E-state index contributed by atoms with van der Waals surface area (Å²) < 4.78 is 17.2. The lowest BCUT2D eigenvalue weighted by Gasteiger charge is -2.04. The number of thiocarbonyl (C=S) groups is 1. The molecule has 0 bridgehead atoms. The molecule has 34 heavy (non-hydrogen) atoms. The number of anilines is 1. The number of halogens is 2. The number of ether oxygens (including phenoxy) is 2. The van der Waals surface area contributed by atoms with E-state index in [0.29, 0.717) is 49.3 Å². The number of thiazole rings is 1. The topological polar surface area (TPSA) is 85.6 Å². The molecule has 0 radical (unpaired) electrons. The van der Waals surface area contributed by atoms with Gasteiger partial charge in [-0.1, -0.05) is 34.5 Å². The van der Waals surface area contributed by atoms with Crippen molar-refractivity contribution >= 4 is 79.2 Å². The zero-order valence-corrected chi connectivity index (χ0v) is 21.0. The molecule has 2 aromatic heterocycles. The number of nitrogens with zero attached hydrogens (tertiary/aromatic N) is 1. The van der Waals surface area contributed by atoms with Crippen LogP contribution < -0.4 is 20.1 Å². The Morgan fingerprint density at radius 1 is 1.15 bits per heavy atom. The lowest BCUT2D eigenvalue weighted by atomic mass is 10.2. The number of carbonyl (C=O) groups excluding carboxylic acids is 1. The molecule has 0 fully saturated rings. The number of amides is 1. The average molecular weight is 534 g/mol. The molecule has 0 aliphatic carbocycles. The summed E-state index contributed by atoms with van der Waals surface area (Å²) in [6, 6.07) is 12.2. The number of rotatable bonds is 6. The second-order valence-corrected chi connectivity index (χ2v) is 9.08. The number of benzene rings is 2. The maximum absolute atomic E-state index is 12.3. The SMILES string of the molecule is COc1cc(OC)c2nc(NC(=S)NC(=O)C=Cc3ccc(-c4ccc(Cl)cc4Cl)o3)sc2c1. The van der Waals surface area contributed by atoms with Crippen LogP contribution in [-0.4, -0.2) is 30.2 Å². The number of fused-ring (bicyclic) bond motifs is 1. The molecule has 174 valence electrons. The molecule has 4 rings (SSSR count). The average Bonchev–Trinajstić information content (AvgIpc) is 3.43. The van der Waals surface area contributed by atoms with Gasteiger partial charge >= 0.3 is 0 Å². The maximum Gasteiger partial charge on any atom is 0.250 e. The predicted molar refractivity (Wildman–Crippen MR) is 140 cm³/mol. The van der Waals surface area contributed by atoms with Crippen molar-refractivity contribution in [2.45, 2.75) is 0 Å². The van der Waals surface area contributed by atoms with Crippen LogP contribution in [0.3, 0.4) is 0 Å². The highest BCUT2D eigenvalue weighted by atomic mass is 35.5. The van der Waals surface area contributed by atoms with Gasteiger partial charge in [-0.3, -0.25) is 10.1 Å². The van der Waals surface area contributed by atoms with Crippen molar-refractivity contribution in [1.29, 1.82) is 0 Å². The van der Waals surface area contributed by atoms with Crippen molar-refractivity contribution < 1.29 is 18.7 Å².